The molecule has 3 aromatic rings. The fourth-order valence-corrected chi connectivity index (χ4v) is 4.42. The molecule has 1 aromatic heterocycles. The van der Waals surface area contributed by atoms with E-state index < -0.39 is 44.3 Å². The van der Waals surface area contributed by atoms with Crippen LogP contribution >= 0.6 is 0 Å². The second-order valence-electron chi connectivity index (χ2n) is 7.07. The topological polar surface area (TPSA) is 81.1 Å². The number of hydrogen-bond acceptors (Lipinski definition) is 4. The number of carbonyl (C=O) groups excluding carboxylic acids is 1. The van der Waals surface area contributed by atoms with Crippen molar-refractivity contribution in [2.45, 2.75) is 24.3 Å². The van der Waals surface area contributed by atoms with Crippen LogP contribution in [0.5, 0.6) is 0 Å². The van der Waals surface area contributed by atoms with Gasteiger partial charge in [0, 0.05) is 18.0 Å². The van der Waals surface area contributed by atoms with Crippen molar-refractivity contribution in [2.75, 3.05) is 0 Å². The lowest BCUT2D eigenvalue weighted by molar-refractivity contribution is -0.137. The van der Waals surface area contributed by atoms with Crippen molar-refractivity contribution in [1.82, 2.24) is 14.5 Å². The number of hydrogen-bond donors (Lipinski definition) is 1. The maximum atomic E-state index is 14.6. The van der Waals surface area contributed by atoms with Gasteiger partial charge in [0.1, 0.15) is 11.5 Å². The Balaban J connectivity index is 1.73. The van der Waals surface area contributed by atoms with Crippen molar-refractivity contribution in [3.8, 4) is 11.3 Å². The van der Waals surface area contributed by atoms with E-state index in [1.807, 2.05) is 4.72 Å². The number of nitrogens with one attached hydrogen (secondary N) is 1. The molecule has 0 radical (unpaired) electrons. The van der Waals surface area contributed by atoms with Crippen molar-refractivity contribution >= 4 is 26.8 Å². The minimum absolute atomic E-state index is 0.234. The molecule has 1 N–H and O–H groups in total. The van der Waals surface area contributed by atoms with Crippen LogP contribution in [0.4, 0.5) is 17.6 Å². The molecule has 1 heterocycles. The van der Waals surface area contributed by atoms with Crippen LogP contribution in [-0.4, -0.2) is 29.4 Å². The number of benzene rings is 2. The predicted octanol–water partition coefficient (Wildman–Crippen LogP) is 3.62. The monoisotopic (exact) mass is 441 g/mol. The molecule has 11 heteroatoms. The number of carbonyl (C=O) groups is 1. The molecule has 1 aliphatic carbocycles. The van der Waals surface area contributed by atoms with Crippen LogP contribution in [0.25, 0.3) is 22.2 Å². The van der Waals surface area contributed by atoms with E-state index >= 15 is 0 Å². The van der Waals surface area contributed by atoms with E-state index in [4.69, 9.17) is 0 Å². The standard InChI is InChI=1S/C19H15F4N3O3S/c1-26-16-9-13(18(27)25-30(28,29)12-6-7-12)15(20)8-14(16)17(24-26)10-2-4-11(5-3-10)19(21,22)23/h2-5,8-9,12H,6-7H2,1H3,(H,25,27). The van der Waals surface area contributed by atoms with Gasteiger partial charge in [-0.05, 0) is 37.1 Å². The molecule has 6 nitrogen and oxygen atoms in total. The zero-order valence-electron chi connectivity index (χ0n) is 15.5. The lowest BCUT2D eigenvalue weighted by Gasteiger charge is -2.08. The first-order valence-corrected chi connectivity index (χ1v) is 10.4. The Morgan fingerprint density at radius 1 is 1.17 bits per heavy atom. The number of amides is 1. The Bertz CT molecular complexity index is 1260. The molecular weight excluding hydrogens is 426 g/mol. The van der Waals surface area contributed by atoms with Crippen LogP contribution in [0.1, 0.15) is 28.8 Å². The fraction of sp³-hybridized carbons (Fsp3) is 0.263. The van der Waals surface area contributed by atoms with E-state index in [1.54, 1.807) is 0 Å². The SMILES string of the molecule is Cn1nc(-c2ccc(C(F)(F)F)cc2)c2cc(F)c(C(=O)NS(=O)(=O)C3CC3)cc21. The van der Waals surface area contributed by atoms with Crippen molar-refractivity contribution in [2.24, 2.45) is 7.05 Å². The zero-order valence-corrected chi connectivity index (χ0v) is 16.3. The molecule has 158 valence electrons. The summed E-state index contributed by atoms with van der Waals surface area (Å²) in [6.45, 7) is 0. The summed E-state index contributed by atoms with van der Waals surface area (Å²) in [7, 11) is -2.32. The summed E-state index contributed by atoms with van der Waals surface area (Å²) in [6.07, 6.45) is -3.59. The number of halogens is 4. The van der Waals surface area contributed by atoms with Gasteiger partial charge in [0.2, 0.25) is 10.0 Å². The van der Waals surface area contributed by atoms with Gasteiger partial charge in [0.05, 0.1) is 21.9 Å². The van der Waals surface area contributed by atoms with Crippen LogP contribution in [0.3, 0.4) is 0 Å². The van der Waals surface area contributed by atoms with Crippen molar-refractivity contribution in [3.05, 3.63) is 53.3 Å². The van der Waals surface area contributed by atoms with Gasteiger partial charge in [0.15, 0.2) is 0 Å². The molecule has 4 rings (SSSR count). The molecule has 0 saturated heterocycles. The van der Waals surface area contributed by atoms with E-state index in [0.717, 1.165) is 18.2 Å². The molecule has 1 fully saturated rings. The van der Waals surface area contributed by atoms with E-state index in [2.05, 4.69) is 5.10 Å². The number of rotatable bonds is 4. The van der Waals surface area contributed by atoms with Gasteiger partial charge in [0.25, 0.3) is 5.91 Å². The predicted molar refractivity (Wildman–Crippen MR) is 101 cm³/mol. The number of aryl methyl sites for hydroxylation is 1. The summed E-state index contributed by atoms with van der Waals surface area (Å²) in [5.74, 6) is -2.05. The third-order valence-corrected chi connectivity index (χ3v) is 6.69. The van der Waals surface area contributed by atoms with Gasteiger partial charge in [-0.15, -0.1) is 0 Å². The molecule has 0 unspecified atom stereocenters. The first-order valence-electron chi connectivity index (χ1n) is 8.87. The van der Waals surface area contributed by atoms with Crippen LogP contribution in [0.2, 0.25) is 0 Å². The molecule has 30 heavy (non-hydrogen) atoms. The average Bonchev–Trinajstić information content (AvgIpc) is 3.46. The Hall–Kier alpha value is -2.95. The summed E-state index contributed by atoms with van der Waals surface area (Å²) in [6, 6.07) is 6.45. The Labute approximate surface area is 168 Å². The van der Waals surface area contributed by atoms with E-state index in [9.17, 15) is 30.8 Å². The molecule has 0 atom stereocenters. The molecule has 1 aliphatic rings. The molecule has 1 amide bonds. The quantitative estimate of drug-likeness (QED) is 0.627. The molecular formula is C19H15F4N3O3S. The summed E-state index contributed by atoms with van der Waals surface area (Å²) in [5.41, 5.74) is -0.401. The number of aromatic nitrogens is 2. The number of sulfonamides is 1. The van der Waals surface area contributed by atoms with E-state index in [1.165, 1.54) is 29.9 Å². The molecule has 0 bridgehead atoms. The van der Waals surface area contributed by atoms with Crippen LogP contribution < -0.4 is 4.72 Å². The van der Waals surface area contributed by atoms with Crippen LogP contribution in [0.15, 0.2) is 36.4 Å². The highest BCUT2D eigenvalue weighted by atomic mass is 32.2. The lowest BCUT2D eigenvalue weighted by Crippen LogP contribution is -2.33. The number of fused-ring (bicyclic) bond motifs is 1. The van der Waals surface area contributed by atoms with Crippen molar-refractivity contribution in [1.29, 1.82) is 0 Å². The average molecular weight is 441 g/mol. The number of alkyl halides is 3. The summed E-state index contributed by atoms with van der Waals surface area (Å²) >= 11 is 0. The third-order valence-electron chi connectivity index (χ3n) is 4.87. The first-order chi connectivity index (χ1) is 14.0. The smallest absolute Gasteiger partial charge is 0.268 e. The maximum Gasteiger partial charge on any atom is 0.416 e. The fourth-order valence-electron chi connectivity index (χ4n) is 3.13. The maximum absolute atomic E-state index is 14.6. The van der Waals surface area contributed by atoms with Crippen LogP contribution in [0, 0.1) is 5.82 Å². The van der Waals surface area contributed by atoms with Gasteiger partial charge in [-0.3, -0.25) is 9.48 Å². The van der Waals surface area contributed by atoms with Gasteiger partial charge in [-0.2, -0.15) is 18.3 Å². The molecule has 1 saturated carbocycles. The zero-order chi connectivity index (χ0) is 21.8. The summed E-state index contributed by atoms with van der Waals surface area (Å²) in [5, 5.41) is 3.86. The van der Waals surface area contributed by atoms with Gasteiger partial charge < -0.3 is 0 Å². The number of nitrogens with zero attached hydrogens (tertiary/aromatic N) is 2. The van der Waals surface area contributed by atoms with E-state index in [-0.39, 0.29) is 11.1 Å². The Morgan fingerprint density at radius 2 is 1.80 bits per heavy atom. The van der Waals surface area contributed by atoms with Crippen LogP contribution in [-0.2, 0) is 23.2 Å². The summed E-state index contributed by atoms with van der Waals surface area (Å²) in [4.78, 5) is 12.3. The molecule has 0 spiro atoms. The highest BCUT2D eigenvalue weighted by Gasteiger charge is 2.37. The van der Waals surface area contributed by atoms with Gasteiger partial charge in [-0.25, -0.2) is 17.5 Å². The van der Waals surface area contributed by atoms with Crippen molar-refractivity contribution in [3.63, 3.8) is 0 Å². The highest BCUT2D eigenvalue weighted by molar-refractivity contribution is 7.91. The Morgan fingerprint density at radius 3 is 2.37 bits per heavy atom. The highest BCUT2D eigenvalue weighted by Crippen LogP contribution is 2.34. The lowest BCUT2D eigenvalue weighted by atomic mass is 10.0. The van der Waals surface area contributed by atoms with E-state index in [0.29, 0.717) is 23.9 Å². The van der Waals surface area contributed by atoms with Gasteiger partial charge in [-0.1, -0.05) is 12.1 Å². The largest absolute Gasteiger partial charge is 0.416 e. The summed E-state index contributed by atoms with van der Waals surface area (Å²) < 4.78 is 80.1. The normalized spacial score (nSPS) is 14.8. The third kappa shape index (κ3) is 3.64. The molecule has 0 aliphatic heterocycles. The first kappa shape index (κ1) is 20.3. The molecule has 2 aromatic carbocycles. The minimum Gasteiger partial charge on any atom is -0.268 e. The second-order valence-corrected chi connectivity index (χ2v) is 9.03. The minimum atomic E-state index is -4.49. The van der Waals surface area contributed by atoms with Gasteiger partial charge >= 0.3 is 6.18 Å². The second kappa shape index (κ2) is 6.79. The Kier molecular flexibility index (Phi) is 4.60. The van der Waals surface area contributed by atoms with Crippen molar-refractivity contribution < 1.29 is 30.8 Å².